The number of hydrogen-bond donors (Lipinski definition) is 2. The lowest BCUT2D eigenvalue weighted by atomic mass is 9.89. The van der Waals surface area contributed by atoms with Gasteiger partial charge in [-0.05, 0) is 25.2 Å². The monoisotopic (exact) mass is 510 g/mol. The summed E-state index contributed by atoms with van der Waals surface area (Å²) in [6.45, 7) is 7.86. The molecule has 2 rings (SSSR count). The highest BCUT2D eigenvalue weighted by atomic mass is 127. The molecule has 0 radical (unpaired) electrons. The molecule has 164 valence electrons. The summed E-state index contributed by atoms with van der Waals surface area (Å²) in [5.74, 6) is 1.84. The van der Waals surface area contributed by atoms with Gasteiger partial charge in [-0.2, -0.15) is 0 Å². The Morgan fingerprint density at radius 2 is 1.96 bits per heavy atom. The average Bonchev–Trinajstić information content (AvgIpc) is 3.18. The van der Waals surface area contributed by atoms with E-state index in [0.717, 1.165) is 64.4 Å². The Morgan fingerprint density at radius 1 is 1.21 bits per heavy atom. The van der Waals surface area contributed by atoms with Gasteiger partial charge in [0.15, 0.2) is 5.96 Å². The summed E-state index contributed by atoms with van der Waals surface area (Å²) in [6.07, 6.45) is 5.62. The van der Waals surface area contributed by atoms with Crippen LogP contribution in [0.2, 0.25) is 0 Å². The van der Waals surface area contributed by atoms with E-state index in [9.17, 15) is 4.79 Å². The third kappa shape index (κ3) is 8.41. The number of rotatable bonds is 8. The summed E-state index contributed by atoms with van der Waals surface area (Å²) >= 11 is 0. The summed E-state index contributed by atoms with van der Waals surface area (Å²) in [5, 5.41) is 6.98. The number of halogens is 1. The van der Waals surface area contributed by atoms with E-state index in [1.807, 2.05) is 0 Å². The molecule has 2 aliphatic rings. The van der Waals surface area contributed by atoms with Crippen LogP contribution in [0.5, 0.6) is 0 Å². The summed E-state index contributed by atoms with van der Waals surface area (Å²) in [5.41, 5.74) is 0. The number of guanidine groups is 1. The van der Waals surface area contributed by atoms with Gasteiger partial charge in [0.2, 0.25) is 5.91 Å². The quantitative estimate of drug-likeness (QED) is 0.298. The Kier molecular flexibility index (Phi) is 12.3. The van der Waals surface area contributed by atoms with E-state index in [0.29, 0.717) is 24.0 Å². The van der Waals surface area contributed by atoms with E-state index in [-0.39, 0.29) is 36.4 Å². The highest BCUT2D eigenvalue weighted by Gasteiger charge is 2.28. The highest BCUT2D eigenvalue weighted by molar-refractivity contribution is 14.0. The molecule has 0 bridgehead atoms. The number of aliphatic imine (C=N–C) groups is 1. The predicted molar refractivity (Wildman–Crippen MR) is 123 cm³/mol. The molecule has 3 atom stereocenters. The van der Waals surface area contributed by atoms with Crippen molar-refractivity contribution >= 4 is 35.8 Å². The zero-order valence-corrected chi connectivity index (χ0v) is 20.2. The standard InChI is InChI=1S/C20H38N4O3.HI/c1-5-16(6-2)18-11-17(8-10-27-18)23-20(22-13-19(25)24(3)4)21-12-15-7-9-26-14-15;/h15-18H,5-14H2,1-4H3,(H2,21,22,23);1H. The van der Waals surface area contributed by atoms with E-state index in [2.05, 4.69) is 29.5 Å². The first-order valence-corrected chi connectivity index (χ1v) is 10.5. The van der Waals surface area contributed by atoms with Crippen LogP contribution in [-0.4, -0.2) is 75.9 Å². The number of ether oxygens (including phenoxy) is 2. The molecule has 0 spiro atoms. The lowest BCUT2D eigenvalue weighted by molar-refractivity contribution is -0.127. The van der Waals surface area contributed by atoms with Gasteiger partial charge in [-0.3, -0.25) is 4.79 Å². The first-order chi connectivity index (χ1) is 13.0. The molecule has 3 unspecified atom stereocenters. The van der Waals surface area contributed by atoms with Crippen molar-refractivity contribution in [3.8, 4) is 0 Å². The maximum atomic E-state index is 11.9. The van der Waals surface area contributed by atoms with Crippen LogP contribution < -0.4 is 10.6 Å². The van der Waals surface area contributed by atoms with Crippen LogP contribution in [0, 0.1) is 11.8 Å². The third-order valence-corrected chi connectivity index (χ3v) is 5.68. The molecule has 28 heavy (non-hydrogen) atoms. The van der Waals surface area contributed by atoms with Crippen molar-refractivity contribution in [2.24, 2.45) is 16.8 Å². The Labute approximate surface area is 187 Å². The van der Waals surface area contributed by atoms with Crippen molar-refractivity contribution in [1.82, 2.24) is 15.5 Å². The number of carbonyl (C=O) groups is 1. The van der Waals surface area contributed by atoms with Crippen LogP contribution in [0.4, 0.5) is 0 Å². The molecule has 1 amide bonds. The topological polar surface area (TPSA) is 75.2 Å². The first kappa shape index (κ1) is 25.4. The molecular weight excluding hydrogens is 471 g/mol. The smallest absolute Gasteiger partial charge is 0.243 e. The summed E-state index contributed by atoms with van der Waals surface area (Å²) in [7, 11) is 3.51. The van der Waals surface area contributed by atoms with E-state index in [4.69, 9.17) is 9.47 Å². The lowest BCUT2D eigenvalue weighted by Crippen LogP contribution is -2.49. The Bertz CT molecular complexity index is 480. The van der Waals surface area contributed by atoms with Crippen molar-refractivity contribution in [3.05, 3.63) is 0 Å². The molecule has 2 heterocycles. The zero-order chi connectivity index (χ0) is 19.6. The SMILES string of the molecule is CCC(CC)C1CC(NC(=NCC(=O)N(C)C)NCC2CCOC2)CCO1.I. The second kappa shape index (κ2) is 13.6. The van der Waals surface area contributed by atoms with Crippen LogP contribution in [0.25, 0.3) is 0 Å². The van der Waals surface area contributed by atoms with Gasteiger partial charge in [0.25, 0.3) is 0 Å². The molecular formula is C20H39IN4O3. The first-order valence-electron chi connectivity index (χ1n) is 10.5. The molecule has 2 saturated heterocycles. The maximum Gasteiger partial charge on any atom is 0.243 e. The Balaban J connectivity index is 0.00000392. The van der Waals surface area contributed by atoms with Gasteiger partial charge in [-0.1, -0.05) is 26.7 Å². The number of amides is 1. The fourth-order valence-electron chi connectivity index (χ4n) is 3.72. The molecule has 8 heteroatoms. The maximum absolute atomic E-state index is 11.9. The van der Waals surface area contributed by atoms with Crippen molar-refractivity contribution in [2.75, 3.05) is 47.0 Å². The molecule has 0 aromatic heterocycles. The number of carbonyl (C=O) groups excluding carboxylic acids is 1. The molecule has 0 aromatic rings. The molecule has 0 saturated carbocycles. The zero-order valence-electron chi connectivity index (χ0n) is 17.9. The lowest BCUT2D eigenvalue weighted by Gasteiger charge is -2.35. The van der Waals surface area contributed by atoms with E-state index in [1.54, 1.807) is 19.0 Å². The fourth-order valence-corrected chi connectivity index (χ4v) is 3.72. The molecule has 2 aliphatic heterocycles. The molecule has 0 aromatic carbocycles. The van der Waals surface area contributed by atoms with E-state index < -0.39 is 0 Å². The predicted octanol–water partition coefficient (Wildman–Crippen LogP) is 2.25. The minimum atomic E-state index is 0. The number of hydrogen-bond acceptors (Lipinski definition) is 4. The average molecular weight is 510 g/mol. The van der Waals surface area contributed by atoms with Crippen molar-refractivity contribution < 1.29 is 14.3 Å². The van der Waals surface area contributed by atoms with Crippen LogP contribution in [-0.2, 0) is 14.3 Å². The van der Waals surface area contributed by atoms with Gasteiger partial charge < -0.3 is 25.0 Å². The molecule has 2 fully saturated rings. The Hall–Kier alpha value is -0.610. The second-order valence-electron chi connectivity index (χ2n) is 7.91. The number of nitrogens with one attached hydrogen (secondary N) is 2. The van der Waals surface area contributed by atoms with Crippen LogP contribution >= 0.6 is 24.0 Å². The van der Waals surface area contributed by atoms with Gasteiger partial charge in [0.05, 0.1) is 12.7 Å². The molecule has 7 nitrogen and oxygen atoms in total. The largest absolute Gasteiger partial charge is 0.381 e. The van der Waals surface area contributed by atoms with Crippen molar-refractivity contribution in [2.45, 2.75) is 58.1 Å². The minimum Gasteiger partial charge on any atom is -0.381 e. The molecule has 0 aliphatic carbocycles. The van der Waals surface area contributed by atoms with Crippen molar-refractivity contribution in [3.63, 3.8) is 0 Å². The summed E-state index contributed by atoms with van der Waals surface area (Å²) in [4.78, 5) is 18.0. The van der Waals surface area contributed by atoms with Crippen LogP contribution in [0.3, 0.4) is 0 Å². The van der Waals surface area contributed by atoms with Gasteiger partial charge in [-0.15, -0.1) is 24.0 Å². The summed E-state index contributed by atoms with van der Waals surface area (Å²) < 4.78 is 11.5. The second-order valence-corrected chi connectivity index (χ2v) is 7.91. The van der Waals surface area contributed by atoms with Crippen molar-refractivity contribution in [1.29, 1.82) is 0 Å². The van der Waals surface area contributed by atoms with Gasteiger partial charge in [0.1, 0.15) is 6.54 Å². The highest BCUT2D eigenvalue weighted by Crippen LogP contribution is 2.25. The number of nitrogens with zero attached hydrogens (tertiary/aromatic N) is 2. The van der Waals surface area contributed by atoms with E-state index >= 15 is 0 Å². The number of likely N-dealkylation sites (N-methyl/N-ethyl adjacent to an activating group) is 1. The summed E-state index contributed by atoms with van der Waals surface area (Å²) in [6, 6.07) is 0.324. The van der Waals surface area contributed by atoms with Gasteiger partial charge in [-0.25, -0.2) is 4.99 Å². The van der Waals surface area contributed by atoms with E-state index in [1.165, 1.54) is 0 Å². The van der Waals surface area contributed by atoms with Gasteiger partial charge >= 0.3 is 0 Å². The van der Waals surface area contributed by atoms with Crippen LogP contribution in [0.15, 0.2) is 4.99 Å². The minimum absolute atomic E-state index is 0. The molecule has 2 N–H and O–H groups in total. The normalized spacial score (nSPS) is 25.3. The van der Waals surface area contributed by atoms with Gasteiger partial charge in [0, 0.05) is 45.8 Å². The third-order valence-electron chi connectivity index (χ3n) is 5.68. The Morgan fingerprint density at radius 3 is 2.57 bits per heavy atom. The fraction of sp³-hybridized carbons (Fsp3) is 0.900. The van der Waals surface area contributed by atoms with Crippen LogP contribution in [0.1, 0.15) is 46.0 Å².